The van der Waals surface area contributed by atoms with Gasteiger partial charge in [-0.1, -0.05) is 71.1 Å². The third-order valence-corrected chi connectivity index (χ3v) is 5.06. The summed E-state index contributed by atoms with van der Waals surface area (Å²) in [5, 5.41) is 2.53. The van der Waals surface area contributed by atoms with E-state index in [4.69, 9.17) is 4.74 Å². The summed E-state index contributed by atoms with van der Waals surface area (Å²) >= 11 is 0. The number of nitrogens with zero attached hydrogens (tertiary/aromatic N) is 1. The first kappa shape index (κ1) is 24.2. The van der Waals surface area contributed by atoms with Gasteiger partial charge < -0.3 is 15.0 Å². The smallest absolute Gasteiger partial charge is 0.329 e. The van der Waals surface area contributed by atoms with Crippen LogP contribution < -0.4 is 5.32 Å². The van der Waals surface area contributed by atoms with Crippen molar-refractivity contribution in [2.24, 2.45) is 0 Å². The molecule has 0 aliphatic heterocycles. The van der Waals surface area contributed by atoms with E-state index in [-0.39, 0.29) is 6.10 Å². The Labute approximate surface area is 170 Å². The number of carbonyl (C=O) groups is 2. The maximum Gasteiger partial charge on any atom is 0.329 e. The fraction of sp³-hybridized carbons (Fsp3) is 0.773. The molecule has 2 N–H and O–H groups in total. The van der Waals surface area contributed by atoms with Crippen molar-refractivity contribution < 1.29 is 14.3 Å². The van der Waals surface area contributed by atoms with Gasteiger partial charge in [0.05, 0.1) is 12.4 Å². The second kappa shape index (κ2) is 16.1. The molecule has 1 rings (SSSR count). The number of imidazole rings is 1. The summed E-state index contributed by atoms with van der Waals surface area (Å²) in [7, 11) is 0. The summed E-state index contributed by atoms with van der Waals surface area (Å²) < 4.78 is 5.51. The summed E-state index contributed by atoms with van der Waals surface area (Å²) in [5.74, 6) is -0.391. The van der Waals surface area contributed by atoms with Crippen LogP contribution in [0.25, 0.3) is 0 Å². The van der Waals surface area contributed by atoms with Gasteiger partial charge >= 0.3 is 5.97 Å². The van der Waals surface area contributed by atoms with Crippen LogP contribution in [-0.4, -0.2) is 34.5 Å². The van der Waals surface area contributed by atoms with Crippen LogP contribution in [0.5, 0.6) is 0 Å². The standard InChI is InChI=1S/C22H39N3O3/c1-3-4-5-6-7-8-9-10-11-12-13-14-19(2)28-22(27)21(25-18-26)15-20-16-23-17-24-20/h16-19,21H,3-15H2,1-2H3,(H,23,24)(H,25,26)/t19-,21+/m1/s1. The van der Waals surface area contributed by atoms with Gasteiger partial charge in [0.1, 0.15) is 6.04 Å². The van der Waals surface area contributed by atoms with Crippen LogP contribution in [0.1, 0.15) is 96.6 Å². The van der Waals surface area contributed by atoms with Crippen molar-refractivity contribution in [1.82, 2.24) is 15.3 Å². The third kappa shape index (κ3) is 11.8. The van der Waals surface area contributed by atoms with Crippen molar-refractivity contribution in [1.29, 1.82) is 0 Å². The fourth-order valence-corrected chi connectivity index (χ4v) is 3.34. The predicted octanol–water partition coefficient (Wildman–Crippen LogP) is 4.70. The van der Waals surface area contributed by atoms with Crippen molar-refractivity contribution in [2.45, 2.75) is 109 Å². The molecule has 0 unspecified atom stereocenters. The Hall–Kier alpha value is -1.85. The van der Waals surface area contributed by atoms with E-state index in [0.717, 1.165) is 18.5 Å². The second-order valence-electron chi connectivity index (χ2n) is 7.69. The zero-order valence-corrected chi connectivity index (χ0v) is 17.8. The summed E-state index contributed by atoms with van der Waals surface area (Å²) in [6.45, 7) is 4.17. The van der Waals surface area contributed by atoms with E-state index in [2.05, 4.69) is 22.2 Å². The van der Waals surface area contributed by atoms with E-state index in [1.54, 1.807) is 12.5 Å². The Morgan fingerprint density at radius 3 is 2.25 bits per heavy atom. The van der Waals surface area contributed by atoms with Crippen LogP contribution in [0.3, 0.4) is 0 Å². The Kier molecular flexibility index (Phi) is 13.9. The van der Waals surface area contributed by atoms with E-state index < -0.39 is 12.0 Å². The highest BCUT2D eigenvalue weighted by Gasteiger charge is 2.22. The third-order valence-electron chi connectivity index (χ3n) is 5.06. The highest BCUT2D eigenvalue weighted by atomic mass is 16.5. The highest BCUT2D eigenvalue weighted by molar-refractivity contribution is 5.78. The van der Waals surface area contributed by atoms with Gasteiger partial charge in [-0.3, -0.25) is 4.79 Å². The number of carbonyl (C=O) groups excluding carboxylic acids is 2. The lowest BCUT2D eigenvalue weighted by molar-refractivity contribution is -0.151. The topological polar surface area (TPSA) is 84.1 Å². The lowest BCUT2D eigenvalue weighted by Crippen LogP contribution is -2.40. The molecule has 1 aromatic rings. The molecular weight excluding hydrogens is 354 g/mol. The molecule has 6 heteroatoms. The van der Waals surface area contributed by atoms with E-state index >= 15 is 0 Å². The van der Waals surface area contributed by atoms with E-state index in [1.165, 1.54) is 64.2 Å². The Bertz CT molecular complexity index is 505. The molecule has 28 heavy (non-hydrogen) atoms. The molecule has 0 aliphatic rings. The minimum absolute atomic E-state index is 0.135. The SMILES string of the molecule is CCCCCCCCCCCCC[C@@H](C)OC(=O)[C@H](Cc1cnc[nH]1)NC=O. The molecule has 0 aliphatic carbocycles. The minimum atomic E-state index is -0.683. The largest absolute Gasteiger partial charge is 0.461 e. The van der Waals surface area contributed by atoms with Gasteiger partial charge in [-0.25, -0.2) is 9.78 Å². The molecule has 160 valence electrons. The Balaban J connectivity index is 2.07. The first-order valence-corrected chi connectivity index (χ1v) is 11.0. The van der Waals surface area contributed by atoms with Crippen LogP contribution in [0.4, 0.5) is 0 Å². The second-order valence-corrected chi connectivity index (χ2v) is 7.69. The summed E-state index contributed by atoms with van der Waals surface area (Å²) in [5.41, 5.74) is 0.786. The van der Waals surface area contributed by atoms with Crippen molar-refractivity contribution >= 4 is 12.4 Å². The number of ether oxygens (including phenoxy) is 1. The lowest BCUT2D eigenvalue weighted by Gasteiger charge is -2.18. The van der Waals surface area contributed by atoms with Crippen molar-refractivity contribution in [3.8, 4) is 0 Å². The number of hydrogen-bond acceptors (Lipinski definition) is 4. The maximum absolute atomic E-state index is 12.3. The van der Waals surface area contributed by atoms with Gasteiger partial charge in [0.15, 0.2) is 0 Å². The molecule has 0 saturated heterocycles. The van der Waals surface area contributed by atoms with Crippen LogP contribution in [0, 0.1) is 0 Å². The Morgan fingerprint density at radius 2 is 1.71 bits per heavy atom. The lowest BCUT2D eigenvalue weighted by atomic mass is 10.0. The van der Waals surface area contributed by atoms with Gasteiger partial charge in [-0.2, -0.15) is 0 Å². The molecule has 1 amide bonds. The van der Waals surface area contributed by atoms with E-state index in [9.17, 15) is 9.59 Å². The number of rotatable bonds is 18. The van der Waals surface area contributed by atoms with Crippen molar-refractivity contribution in [3.63, 3.8) is 0 Å². The van der Waals surface area contributed by atoms with Gasteiger partial charge in [-0.05, 0) is 19.8 Å². The monoisotopic (exact) mass is 393 g/mol. The number of aromatic amines is 1. The summed E-state index contributed by atoms with van der Waals surface area (Å²) in [4.78, 5) is 29.9. The molecule has 0 aromatic carbocycles. The van der Waals surface area contributed by atoms with Crippen LogP contribution in [0.2, 0.25) is 0 Å². The minimum Gasteiger partial charge on any atom is -0.461 e. The molecule has 2 atom stereocenters. The number of aromatic nitrogens is 2. The molecule has 0 radical (unpaired) electrons. The predicted molar refractivity (Wildman–Crippen MR) is 112 cm³/mol. The van der Waals surface area contributed by atoms with E-state index in [1.807, 2.05) is 6.92 Å². The van der Waals surface area contributed by atoms with Gasteiger partial charge in [0.2, 0.25) is 6.41 Å². The Morgan fingerprint density at radius 1 is 1.11 bits per heavy atom. The fourth-order valence-electron chi connectivity index (χ4n) is 3.34. The van der Waals surface area contributed by atoms with Crippen LogP contribution in [-0.2, 0) is 20.7 Å². The number of H-pyrrole nitrogens is 1. The first-order chi connectivity index (χ1) is 13.7. The maximum atomic E-state index is 12.3. The number of unbranched alkanes of at least 4 members (excludes halogenated alkanes) is 10. The number of esters is 1. The molecule has 1 aromatic heterocycles. The number of nitrogens with one attached hydrogen (secondary N) is 2. The zero-order valence-electron chi connectivity index (χ0n) is 17.8. The molecule has 1 heterocycles. The van der Waals surface area contributed by atoms with Crippen molar-refractivity contribution in [2.75, 3.05) is 0 Å². The highest BCUT2D eigenvalue weighted by Crippen LogP contribution is 2.13. The van der Waals surface area contributed by atoms with Crippen molar-refractivity contribution in [3.05, 3.63) is 18.2 Å². The summed E-state index contributed by atoms with van der Waals surface area (Å²) in [6, 6.07) is -0.683. The van der Waals surface area contributed by atoms with Gasteiger partial charge in [-0.15, -0.1) is 0 Å². The zero-order chi connectivity index (χ0) is 20.5. The first-order valence-electron chi connectivity index (χ1n) is 11.0. The average molecular weight is 394 g/mol. The molecule has 0 saturated carbocycles. The molecule has 0 fully saturated rings. The normalized spacial score (nSPS) is 13.1. The van der Waals surface area contributed by atoms with Gasteiger partial charge in [0.25, 0.3) is 0 Å². The van der Waals surface area contributed by atoms with Crippen LogP contribution >= 0.6 is 0 Å². The quantitative estimate of drug-likeness (QED) is 0.215. The molecule has 6 nitrogen and oxygen atoms in total. The number of hydrogen-bond donors (Lipinski definition) is 2. The average Bonchev–Trinajstić information content (AvgIpc) is 3.19. The molecule has 0 spiro atoms. The molecular formula is C22H39N3O3. The number of amides is 1. The van der Waals surface area contributed by atoms with E-state index in [0.29, 0.717) is 12.8 Å². The molecule has 0 bridgehead atoms. The summed E-state index contributed by atoms with van der Waals surface area (Å²) in [6.07, 6.45) is 19.1. The van der Waals surface area contributed by atoms with Crippen LogP contribution in [0.15, 0.2) is 12.5 Å². The van der Waals surface area contributed by atoms with Gasteiger partial charge in [0, 0.05) is 18.3 Å².